The van der Waals surface area contributed by atoms with Crippen LogP contribution in [-0.2, 0) is 23.0 Å². The van der Waals surface area contributed by atoms with E-state index in [-0.39, 0.29) is 18.0 Å². The highest BCUT2D eigenvalue weighted by Gasteiger charge is 2.23. The van der Waals surface area contributed by atoms with Gasteiger partial charge in [0.05, 0.1) is 11.4 Å². The van der Waals surface area contributed by atoms with Crippen molar-refractivity contribution in [2.24, 2.45) is 5.73 Å². The van der Waals surface area contributed by atoms with E-state index in [1.165, 1.54) is 0 Å². The molecule has 0 spiro atoms. The summed E-state index contributed by atoms with van der Waals surface area (Å²) in [6, 6.07) is 5.53. The third-order valence-corrected chi connectivity index (χ3v) is 4.49. The third-order valence-electron chi connectivity index (χ3n) is 2.82. The van der Waals surface area contributed by atoms with E-state index < -0.39 is 10.0 Å². The van der Waals surface area contributed by atoms with Gasteiger partial charge in [-0.25, -0.2) is 13.1 Å². The predicted molar refractivity (Wildman–Crippen MR) is 74.3 cm³/mol. The fraction of sp³-hybridized carbons (Fsp3) is 0.333. The van der Waals surface area contributed by atoms with Crippen LogP contribution in [0.15, 0.2) is 29.3 Å². The first-order valence-corrected chi connectivity index (χ1v) is 7.66. The zero-order chi connectivity index (χ0) is 14.6. The van der Waals surface area contributed by atoms with Crippen LogP contribution in [0.3, 0.4) is 0 Å². The fourth-order valence-corrected chi connectivity index (χ4v) is 3.30. The highest BCUT2D eigenvalue weighted by Crippen LogP contribution is 2.16. The lowest BCUT2D eigenvalue weighted by atomic mass is 10.3. The van der Waals surface area contributed by atoms with E-state index in [9.17, 15) is 8.42 Å². The molecule has 2 rings (SSSR count). The number of hydrogen-bond donors (Lipinski definition) is 3. The summed E-state index contributed by atoms with van der Waals surface area (Å²) in [5.41, 5.74) is 7.15. The number of rotatable bonds is 6. The van der Waals surface area contributed by atoms with Crippen LogP contribution in [-0.4, -0.2) is 30.1 Å². The molecule has 20 heavy (non-hydrogen) atoms. The Kier molecular flexibility index (Phi) is 4.48. The van der Waals surface area contributed by atoms with Crippen molar-refractivity contribution in [1.29, 1.82) is 0 Å². The van der Waals surface area contributed by atoms with Crippen LogP contribution in [0.25, 0.3) is 0 Å². The highest BCUT2D eigenvalue weighted by molar-refractivity contribution is 7.89. The first kappa shape index (κ1) is 14.6. The first-order chi connectivity index (χ1) is 9.54. The fourth-order valence-electron chi connectivity index (χ4n) is 1.90. The zero-order valence-electron chi connectivity index (χ0n) is 11.1. The van der Waals surface area contributed by atoms with Crippen LogP contribution < -0.4 is 10.5 Å². The number of aryl methyl sites for hydroxylation is 1. The van der Waals surface area contributed by atoms with Crippen molar-refractivity contribution < 1.29 is 8.42 Å². The molecule has 8 heteroatoms. The number of sulfonamides is 1. The molecule has 0 saturated heterocycles. The van der Waals surface area contributed by atoms with E-state index in [1.54, 1.807) is 13.1 Å². The minimum absolute atomic E-state index is 0.0703. The van der Waals surface area contributed by atoms with Crippen molar-refractivity contribution in [3.05, 3.63) is 41.5 Å². The number of aromatic nitrogens is 3. The van der Waals surface area contributed by atoms with Crippen LogP contribution in [0, 0.1) is 6.92 Å². The van der Waals surface area contributed by atoms with Crippen molar-refractivity contribution in [2.75, 3.05) is 6.54 Å². The lowest BCUT2D eigenvalue weighted by Crippen LogP contribution is -2.27. The smallest absolute Gasteiger partial charge is 0.244 e. The van der Waals surface area contributed by atoms with Gasteiger partial charge in [0.25, 0.3) is 0 Å². The molecular weight excluding hydrogens is 278 g/mol. The quantitative estimate of drug-likeness (QED) is 0.699. The second-order valence-corrected chi connectivity index (χ2v) is 6.00. The van der Waals surface area contributed by atoms with Crippen LogP contribution >= 0.6 is 0 Å². The molecule has 4 N–H and O–H groups in total. The Hall–Kier alpha value is -1.77. The van der Waals surface area contributed by atoms with Gasteiger partial charge < -0.3 is 5.73 Å². The maximum Gasteiger partial charge on any atom is 0.244 e. The standard InChI is InChI=1S/C12H17N5O2S/c1-9-12(11(8-13)17-16-9)20(18,19)15-7-5-10-4-2-3-6-14-10/h2-4,6,15H,5,7-8,13H2,1H3,(H,16,17). The van der Waals surface area contributed by atoms with Gasteiger partial charge in [0.2, 0.25) is 10.0 Å². The number of hydrogen-bond acceptors (Lipinski definition) is 5. The van der Waals surface area contributed by atoms with Crippen molar-refractivity contribution in [3.8, 4) is 0 Å². The van der Waals surface area contributed by atoms with Gasteiger partial charge in [0, 0.05) is 31.4 Å². The third kappa shape index (κ3) is 3.21. The van der Waals surface area contributed by atoms with Crippen molar-refractivity contribution >= 4 is 10.0 Å². The van der Waals surface area contributed by atoms with Crippen LogP contribution in [0.1, 0.15) is 17.1 Å². The average molecular weight is 295 g/mol. The Bertz CT molecular complexity index is 666. The number of pyridine rings is 1. The summed E-state index contributed by atoms with van der Waals surface area (Å²) >= 11 is 0. The summed E-state index contributed by atoms with van der Waals surface area (Å²) < 4.78 is 27.0. The summed E-state index contributed by atoms with van der Waals surface area (Å²) in [5.74, 6) is 0. The van der Waals surface area contributed by atoms with Gasteiger partial charge in [-0.3, -0.25) is 10.1 Å². The highest BCUT2D eigenvalue weighted by atomic mass is 32.2. The van der Waals surface area contributed by atoms with Gasteiger partial charge in [0.15, 0.2) is 0 Å². The Balaban J connectivity index is 2.06. The maximum atomic E-state index is 12.2. The molecule has 0 aliphatic rings. The van der Waals surface area contributed by atoms with Gasteiger partial charge in [-0.2, -0.15) is 5.10 Å². The molecule has 7 nitrogen and oxygen atoms in total. The normalized spacial score (nSPS) is 11.7. The molecule has 2 heterocycles. The van der Waals surface area contributed by atoms with Crippen LogP contribution in [0.2, 0.25) is 0 Å². The van der Waals surface area contributed by atoms with E-state index in [1.807, 2.05) is 18.2 Å². The molecule has 108 valence electrons. The molecule has 0 aromatic carbocycles. The molecule has 0 amide bonds. The topological polar surface area (TPSA) is 114 Å². The predicted octanol–water partition coefficient (Wildman–Crippen LogP) is 0.0928. The second-order valence-electron chi connectivity index (χ2n) is 4.30. The minimum atomic E-state index is -3.61. The molecule has 2 aromatic rings. The second kappa shape index (κ2) is 6.12. The Morgan fingerprint density at radius 1 is 1.40 bits per heavy atom. The maximum absolute atomic E-state index is 12.2. The van der Waals surface area contributed by atoms with Crippen molar-refractivity contribution in [2.45, 2.75) is 24.8 Å². The van der Waals surface area contributed by atoms with Gasteiger partial charge >= 0.3 is 0 Å². The van der Waals surface area contributed by atoms with Crippen LogP contribution in [0.5, 0.6) is 0 Å². The first-order valence-electron chi connectivity index (χ1n) is 6.18. The lowest BCUT2D eigenvalue weighted by Gasteiger charge is -2.07. The van der Waals surface area contributed by atoms with E-state index in [0.717, 1.165) is 5.69 Å². The van der Waals surface area contributed by atoms with Gasteiger partial charge in [0.1, 0.15) is 4.90 Å². The van der Waals surface area contributed by atoms with Crippen molar-refractivity contribution in [3.63, 3.8) is 0 Å². The summed E-state index contributed by atoms with van der Waals surface area (Å²) in [6.45, 7) is 1.99. The molecule has 0 bridgehead atoms. The molecule has 0 aliphatic heterocycles. The summed E-state index contributed by atoms with van der Waals surface area (Å²) in [4.78, 5) is 4.28. The molecule has 0 saturated carbocycles. The monoisotopic (exact) mass is 295 g/mol. The summed E-state index contributed by atoms with van der Waals surface area (Å²) in [7, 11) is -3.61. The summed E-state index contributed by atoms with van der Waals surface area (Å²) in [5, 5.41) is 6.53. The molecule has 0 aliphatic carbocycles. The number of nitrogens with one attached hydrogen (secondary N) is 2. The molecular formula is C12H17N5O2S. The Labute approximate surface area is 117 Å². The van der Waals surface area contributed by atoms with E-state index in [4.69, 9.17) is 5.73 Å². The van der Waals surface area contributed by atoms with E-state index >= 15 is 0 Å². The number of aromatic amines is 1. The number of nitrogens with zero attached hydrogens (tertiary/aromatic N) is 2. The van der Waals surface area contributed by atoms with Gasteiger partial charge in [-0.05, 0) is 19.1 Å². The molecule has 0 fully saturated rings. The van der Waals surface area contributed by atoms with E-state index in [2.05, 4.69) is 19.9 Å². The molecule has 0 atom stereocenters. The SMILES string of the molecule is Cc1[nH]nc(CN)c1S(=O)(=O)NCCc1ccccn1. The largest absolute Gasteiger partial charge is 0.325 e. The Morgan fingerprint density at radius 3 is 2.85 bits per heavy atom. The summed E-state index contributed by atoms with van der Waals surface area (Å²) in [6.07, 6.45) is 2.20. The Morgan fingerprint density at radius 2 is 2.20 bits per heavy atom. The zero-order valence-corrected chi connectivity index (χ0v) is 11.9. The van der Waals surface area contributed by atoms with Gasteiger partial charge in [-0.15, -0.1) is 0 Å². The molecule has 0 unspecified atom stereocenters. The minimum Gasteiger partial charge on any atom is -0.325 e. The van der Waals surface area contributed by atoms with Gasteiger partial charge in [-0.1, -0.05) is 6.07 Å². The van der Waals surface area contributed by atoms with Crippen LogP contribution in [0.4, 0.5) is 0 Å². The number of H-pyrrole nitrogens is 1. The average Bonchev–Trinajstić information content (AvgIpc) is 2.81. The lowest BCUT2D eigenvalue weighted by molar-refractivity contribution is 0.579. The molecule has 2 aromatic heterocycles. The molecule has 0 radical (unpaired) electrons. The van der Waals surface area contributed by atoms with Crippen molar-refractivity contribution in [1.82, 2.24) is 19.9 Å². The number of nitrogens with two attached hydrogens (primary N) is 1. The van der Waals surface area contributed by atoms with E-state index in [0.29, 0.717) is 17.8 Å².